The Morgan fingerprint density at radius 1 is 1.73 bits per heavy atom. The molecule has 0 radical (unpaired) electrons. The zero-order chi connectivity index (χ0) is 11.3. The Hall–Kier alpha value is -1.33. The highest BCUT2D eigenvalue weighted by atomic mass is 16.5. The molecular formula is C10H16N2O3. The van der Waals surface area contributed by atoms with Gasteiger partial charge < -0.3 is 19.8 Å². The highest BCUT2D eigenvalue weighted by Gasteiger charge is 2.20. The fourth-order valence-corrected chi connectivity index (χ4v) is 1.28. The molecule has 0 aliphatic rings. The SMILES string of the molecule is COC(CN)C(=O)N(C)Cc1ccoc1. The van der Waals surface area contributed by atoms with Gasteiger partial charge in [0.15, 0.2) is 0 Å². The summed E-state index contributed by atoms with van der Waals surface area (Å²) in [6.07, 6.45) is 2.61. The van der Waals surface area contributed by atoms with Crippen LogP contribution in [0.5, 0.6) is 0 Å². The molecule has 0 aliphatic carbocycles. The number of nitrogens with zero attached hydrogens (tertiary/aromatic N) is 1. The van der Waals surface area contributed by atoms with Gasteiger partial charge in [0.25, 0.3) is 5.91 Å². The number of methoxy groups -OCH3 is 1. The Morgan fingerprint density at radius 2 is 2.47 bits per heavy atom. The third kappa shape index (κ3) is 3.07. The number of hydrogen-bond acceptors (Lipinski definition) is 4. The van der Waals surface area contributed by atoms with Gasteiger partial charge in [-0.25, -0.2) is 0 Å². The highest BCUT2D eigenvalue weighted by Crippen LogP contribution is 2.05. The first-order valence-electron chi connectivity index (χ1n) is 4.68. The number of carbonyl (C=O) groups is 1. The van der Waals surface area contributed by atoms with Crippen molar-refractivity contribution in [1.29, 1.82) is 0 Å². The van der Waals surface area contributed by atoms with E-state index in [1.807, 2.05) is 6.07 Å². The fraction of sp³-hybridized carbons (Fsp3) is 0.500. The Bertz CT molecular complexity index is 294. The Balaban J connectivity index is 2.53. The summed E-state index contributed by atoms with van der Waals surface area (Å²) in [7, 11) is 3.18. The zero-order valence-electron chi connectivity index (χ0n) is 8.97. The van der Waals surface area contributed by atoms with Gasteiger partial charge in [-0.15, -0.1) is 0 Å². The second kappa shape index (κ2) is 5.53. The average molecular weight is 212 g/mol. The molecule has 0 spiro atoms. The lowest BCUT2D eigenvalue weighted by atomic mass is 10.2. The van der Waals surface area contributed by atoms with E-state index in [-0.39, 0.29) is 12.5 Å². The molecule has 5 heteroatoms. The zero-order valence-corrected chi connectivity index (χ0v) is 8.97. The number of nitrogens with two attached hydrogens (primary N) is 1. The lowest BCUT2D eigenvalue weighted by molar-refractivity contribution is -0.140. The average Bonchev–Trinajstić information content (AvgIpc) is 2.72. The van der Waals surface area contributed by atoms with Crippen LogP contribution >= 0.6 is 0 Å². The molecular weight excluding hydrogens is 196 g/mol. The van der Waals surface area contributed by atoms with E-state index < -0.39 is 6.10 Å². The first-order valence-corrected chi connectivity index (χ1v) is 4.68. The van der Waals surface area contributed by atoms with Gasteiger partial charge in [0, 0.05) is 32.8 Å². The van der Waals surface area contributed by atoms with Crippen molar-refractivity contribution in [1.82, 2.24) is 4.90 Å². The van der Waals surface area contributed by atoms with Crippen molar-refractivity contribution in [3.8, 4) is 0 Å². The van der Waals surface area contributed by atoms with E-state index in [2.05, 4.69) is 0 Å². The van der Waals surface area contributed by atoms with E-state index in [1.54, 1.807) is 24.5 Å². The third-order valence-electron chi connectivity index (χ3n) is 2.15. The Morgan fingerprint density at radius 3 is 2.93 bits per heavy atom. The highest BCUT2D eigenvalue weighted by molar-refractivity contribution is 5.80. The molecule has 0 saturated carbocycles. The van der Waals surface area contributed by atoms with Crippen molar-refractivity contribution < 1.29 is 13.9 Å². The van der Waals surface area contributed by atoms with Gasteiger partial charge in [-0.05, 0) is 6.07 Å². The van der Waals surface area contributed by atoms with Crippen LogP contribution < -0.4 is 5.73 Å². The van der Waals surface area contributed by atoms with Crippen LogP contribution in [0.15, 0.2) is 23.0 Å². The normalized spacial score (nSPS) is 12.5. The van der Waals surface area contributed by atoms with Crippen molar-refractivity contribution in [2.45, 2.75) is 12.6 Å². The first-order chi connectivity index (χ1) is 7.19. The number of amides is 1. The molecule has 0 aliphatic heterocycles. The summed E-state index contributed by atoms with van der Waals surface area (Å²) in [4.78, 5) is 13.3. The number of hydrogen-bond donors (Lipinski definition) is 1. The van der Waals surface area contributed by atoms with Gasteiger partial charge in [0.05, 0.1) is 12.5 Å². The number of likely N-dealkylation sites (N-methyl/N-ethyl adjacent to an activating group) is 1. The molecule has 1 amide bonds. The minimum Gasteiger partial charge on any atom is -0.472 e. The molecule has 1 aromatic rings. The van der Waals surface area contributed by atoms with Gasteiger partial charge >= 0.3 is 0 Å². The van der Waals surface area contributed by atoms with Crippen molar-refractivity contribution in [2.75, 3.05) is 20.7 Å². The summed E-state index contributed by atoms with van der Waals surface area (Å²) in [5.41, 5.74) is 6.35. The van der Waals surface area contributed by atoms with Crippen molar-refractivity contribution in [3.05, 3.63) is 24.2 Å². The van der Waals surface area contributed by atoms with Gasteiger partial charge in [-0.1, -0.05) is 0 Å². The molecule has 1 heterocycles. The largest absolute Gasteiger partial charge is 0.472 e. The van der Waals surface area contributed by atoms with E-state index in [9.17, 15) is 4.79 Å². The standard InChI is InChI=1S/C10H16N2O3/c1-12(6-8-3-4-15-7-8)10(13)9(5-11)14-2/h3-4,7,9H,5-6,11H2,1-2H3. The summed E-state index contributed by atoms with van der Waals surface area (Å²) in [5, 5.41) is 0. The molecule has 1 aromatic heterocycles. The van der Waals surface area contributed by atoms with Crippen molar-refractivity contribution in [2.24, 2.45) is 5.73 Å². The van der Waals surface area contributed by atoms with Crippen LogP contribution in [0.1, 0.15) is 5.56 Å². The van der Waals surface area contributed by atoms with Crippen LogP contribution in [0.2, 0.25) is 0 Å². The second-order valence-electron chi connectivity index (χ2n) is 3.29. The topological polar surface area (TPSA) is 68.7 Å². The van der Waals surface area contributed by atoms with Gasteiger partial charge in [0.2, 0.25) is 0 Å². The Kier molecular flexibility index (Phi) is 4.33. The molecule has 1 atom stereocenters. The number of carbonyl (C=O) groups excluding carboxylic acids is 1. The lowest BCUT2D eigenvalue weighted by Gasteiger charge is -2.21. The maximum atomic E-state index is 11.7. The van der Waals surface area contributed by atoms with Gasteiger partial charge in [0.1, 0.15) is 6.10 Å². The maximum absolute atomic E-state index is 11.7. The summed E-state index contributed by atoms with van der Waals surface area (Å²) >= 11 is 0. The van der Waals surface area contributed by atoms with E-state index in [0.717, 1.165) is 5.56 Å². The Labute approximate surface area is 88.8 Å². The van der Waals surface area contributed by atoms with Crippen LogP contribution in [0.3, 0.4) is 0 Å². The summed E-state index contributed by atoms with van der Waals surface area (Å²) in [6.45, 7) is 0.681. The molecule has 84 valence electrons. The molecule has 2 N–H and O–H groups in total. The predicted molar refractivity (Wildman–Crippen MR) is 55.0 cm³/mol. The molecule has 1 unspecified atom stereocenters. The van der Waals surface area contributed by atoms with Crippen LogP contribution in [0.25, 0.3) is 0 Å². The number of furan rings is 1. The molecule has 0 saturated heterocycles. The first kappa shape index (κ1) is 11.7. The smallest absolute Gasteiger partial charge is 0.253 e. The van der Waals surface area contributed by atoms with Crippen LogP contribution in [-0.4, -0.2) is 37.6 Å². The van der Waals surface area contributed by atoms with Crippen LogP contribution in [0.4, 0.5) is 0 Å². The van der Waals surface area contributed by atoms with Crippen LogP contribution in [0, 0.1) is 0 Å². The maximum Gasteiger partial charge on any atom is 0.253 e. The molecule has 0 fully saturated rings. The monoisotopic (exact) mass is 212 g/mol. The van der Waals surface area contributed by atoms with E-state index >= 15 is 0 Å². The quantitative estimate of drug-likeness (QED) is 0.757. The van der Waals surface area contributed by atoms with E-state index in [0.29, 0.717) is 6.54 Å². The summed E-state index contributed by atoms with van der Waals surface area (Å²) in [6, 6.07) is 1.81. The molecule has 1 rings (SSSR count). The van der Waals surface area contributed by atoms with Gasteiger partial charge in [-0.3, -0.25) is 4.79 Å². The minimum absolute atomic E-state index is 0.124. The summed E-state index contributed by atoms with van der Waals surface area (Å²) < 4.78 is 9.88. The molecule has 0 aromatic carbocycles. The van der Waals surface area contributed by atoms with Crippen LogP contribution in [-0.2, 0) is 16.1 Å². The van der Waals surface area contributed by atoms with Crippen molar-refractivity contribution in [3.63, 3.8) is 0 Å². The lowest BCUT2D eigenvalue weighted by Crippen LogP contribution is -2.41. The number of rotatable bonds is 5. The molecule has 15 heavy (non-hydrogen) atoms. The van der Waals surface area contributed by atoms with E-state index in [1.165, 1.54) is 7.11 Å². The van der Waals surface area contributed by atoms with E-state index in [4.69, 9.17) is 14.9 Å². The second-order valence-corrected chi connectivity index (χ2v) is 3.29. The van der Waals surface area contributed by atoms with Gasteiger partial charge in [-0.2, -0.15) is 0 Å². The number of ether oxygens (including phenoxy) is 1. The molecule has 0 bridgehead atoms. The minimum atomic E-state index is -0.568. The molecule has 5 nitrogen and oxygen atoms in total. The predicted octanol–water partition coefficient (Wildman–Crippen LogP) is 0.212. The third-order valence-corrected chi connectivity index (χ3v) is 2.15. The fourth-order valence-electron chi connectivity index (χ4n) is 1.28. The summed E-state index contributed by atoms with van der Waals surface area (Å²) in [5.74, 6) is -0.124. The van der Waals surface area contributed by atoms with Crippen molar-refractivity contribution >= 4 is 5.91 Å².